The molecule has 21 heavy (non-hydrogen) atoms. The molecule has 1 aliphatic heterocycles. The van der Waals surface area contributed by atoms with Crippen molar-refractivity contribution in [1.29, 1.82) is 0 Å². The predicted molar refractivity (Wildman–Crippen MR) is 79.1 cm³/mol. The van der Waals surface area contributed by atoms with Crippen molar-refractivity contribution in [2.45, 2.75) is 19.8 Å². The van der Waals surface area contributed by atoms with Crippen LogP contribution in [0.2, 0.25) is 0 Å². The van der Waals surface area contributed by atoms with Gasteiger partial charge < -0.3 is 0 Å². The van der Waals surface area contributed by atoms with E-state index in [4.69, 9.17) is 0 Å². The maximum atomic E-state index is 12.2. The van der Waals surface area contributed by atoms with Crippen molar-refractivity contribution in [3.63, 3.8) is 0 Å². The molecule has 0 spiro atoms. The molecule has 4 heteroatoms. The molecular formula is C17H16N2O2. The number of carbonyl (C=O) groups excluding carboxylic acids is 2. The maximum Gasteiger partial charge on any atom is 0.261 e. The lowest BCUT2D eigenvalue weighted by Crippen LogP contribution is -2.31. The topological polar surface area (TPSA) is 50.3 Å². The minimum absolute atomic E-state index is 0.182. The summed E-state index contributed by atoms with van der Waals surface area (Å²) >= 11 is 0. The highest BCUT2D eigenvalue weighted by Gasteiger charge is 2.34. The van der Waals surface area contributed by atoms with Crippen molar-refractivity contribution in [3.8, 4) is 0 Å². The summed E-state index contributed by atoms with van der Waals surface area (Å²) in [5.74, 6) is -0.364. The average Bonchev–Trinajstić information content (AvgIpc) is 2.74. The van der Waals surface area contributed by atoms with Crippen molar-refractivity contribution >= 4 is 11.8 Å². The Kier molecular flexibility index (Phi) is 3.52. The smallest absolute Gasteiger partial charge is 0.261 e. The summed E-state index contributed by atoms with van der Waals surface area (Å²) < 4.78 is 0. The van der Waals surface area contributed by atoms with E-state index < -0.39 is 0 Å². The molecule has 0 saturated heterocycles. The molecule has 0 saturated carbocycles. The molecule has 2 aromatic rings. The minimum atomic E-state index is -0.182. The van der Waals surface area contributed by atoms with E-state index in [9.17, 15) is 9.59 Å². The zero-order valence-electron chi connectivity index (χ0n) is 11.9. The lowest BCUT2D eigenvalue weighted by atomic mass is 10.1. The number of nitrogens with zero attached hydrogens (tertiary/aromatic N) is 2. The molecule has 0 N–H and O–H groups in total. The molecule has 0 bridgehead atoms. The van der Waals surface area contributed by atoms with Crippen LogP contribution in [0.5, 0.6) is 0 Å². The first-order valence-corrected chi connectivity index (χ1v) is 7.04. The van der Waals surface area contributed by atoms with E-state index in [2.05, 4.69) is 4.98 Å². The monoisotopic (exact) mass is 280 g/mol. The highest BCUT2D eigenvalue weighted by molar-refractivity contribution is 6.21. The zero-order valence-corrected chi connectivity index (χ0v) is 11.9. The summed E-state index contributed by atoms with van der Waals surface area (Å²) in [6.07, 6.45) is 3.33. The van der Waals surface area contributed by atoms with E-state index in [1.165, 1.54) is 4.90 Å². The van der Waals surface area contributed by atoms with Gasteiger partial charge in [0.2, 0.25) is 0 Å². The Hall–Kier alpha value is -2.49. The van der Waals surface area contributed by atoms with Crippen LogP contribution < -0.4 is 0 Å². The van der Waals surface area contributed by atoms with E-state index in [0.29, 0.717) is 17.7 Å². The van der Waals surface area contributed by atoms with Crippen LogP contribution in [0.1, 0.15) is 38.4 Å². The van der Waals surface area contributed by atoms with Crippen LogP contribution in [0.4, 0.5) is 0 Å². The van der Waals surface area contributed by atoms with E-state index in [1.807, 2.05) is 19.1 Å². The first-order chi connectivity index (χ1) is 10.2. The number of amides is 2. The molecule has 1 aromatic carbocycles. The van der Waals surface area contributed by atoms with E-state index in [1.54, 1.807) is 30.5 Å². The molecular weight excluding hydrogens is 264 g/mol. The number of carbonyl (C=O) groups is 2. The van der Waals surface area contributed by atoms with Crippen molar-refractivity contribution in [1.82, 2.24) is 9.88 Å². The number of hydrogen-bond acceptors (Lipinski definition) is 3. The van der Waals surface area contributed by atoms with Gasteiger partial charge in [0.1, 0.15) is 0 Å². The molecule has 0 unspecified atom stereocenters. The lowest BCUT2D eigenvalue weighted by Gasteiger charge is -2.13. The Labute approximate surface area is 123 Å². The van der Waals surface area contributed by atoms with Gasteiger partial charge in [0.15, 0.2) is 0 Å². The molecule has 1 aliphatic rings. The summed E-state index contributed by atoms with van der Waals surface area (Å²) in [6.45, 7) is 2.41. The molecule has 0 fully saturated rings. The van der Waals surface area contributed by atoms with Crippen molar-refractivity contribution < 1.29 is 9.59 Å². The van der Waals surface area contributed by atoms with Gasteiger partial charge in [0.25, 0.3) is 11.8 Å². The molecule has 106 valence electrons. The van der Waals surface area contributed by atoms with Gasteiger partial charge in [-0.2, -0.15) is 0 Å². The van der Waals surface area contributed by atoms with Gasteiger partial charge in [-0.3, -0.25) is 19.5 Å². The van der Waals surface area contributed by atoms with E-state index in [-0.39, 0.29) is 11.8 Å². The summed E-state index contributed by atoms with van der Waals surface area (Å²) in [5, 5.41) is 0. The number of imide groups is 1. The van der Waals surface area contributed by atoms with Crippen LogP contribution in [0.15, 0.2) is 42.6 Å². The third kappa shape index (κ3) is 2.44. The normalized spacial score (nSPS) is 13.7. The number of fused-ring (bicyclic) bond motifs is 1. The number of benzene rings is 1. The molecule has 1 aromatic heterocycles. The molecule has 0 radical (unpaired) electrons. The quantitative estimate of drug-likeness (QED) is 0.809. The first-order valence-electron chi connectivity index (χ1n) is 7.04. The number of hydrogen-bond donors (Lipinski definition) is 0. The summed E-state index contributed by atoms with van der Waals surface area (Å²) in [4.78, 5) is 30.0. The Morgan fingerprint density at radius 1 is 1.00 bits per heavy atom. The molecule has 0 atom stereocenters. The van der Waals surface area contributed by atoms with Crippen LogP contribution in [-0.4, -0.2) is 28.2 Å². The van der Waals surface area contributed by atoms with Gasteiger partial charge in [-0.1, -0.05) is 18.2 Å². The number of aryl methyl sites for hydroxylation is 2. The largest absolute Gasteiger partial charge is 0.274 e. The molecule has 0 aliphatic carbocycles. The van der Waals surface area contributed by atoms with Crippen LogP contribution in [-0.2, 0) is 6.42 Å². The Bertz CT molecular complexity index is 674. The second-order valence-electron chi connectivity index (χ2n) is 5.16. The zero-order chi connectivity index (χ0) is 14.8. The Morgan fingerprint density at radius 2 is 1.67 bits per heavy atom. The van der Waals surface area contributed by atoms with E-state index >= 15 is 0 Å². The van der Waals surface area contributed by atoms with Crippen LogP contribution in [0.25, 0.3) is 0 Å². The van der Waals surface area contributed by atoms with Crippen LogP contribution in [0.3, 0.4) is 0 Å². The van der Waals surface area contributed by atoms with E-state index in [0.717, 1.165) is 24.1 Å². The summed E-state index contributed by atoms with van der Waals surface area (Å²) in [7, 11) is 0. The average molecular weight is 280 g/mol. The molecule has 3 rings (SSSR count). The minimum Gasteiger partial charge on any atom is -0.274 e. The SMILES string of the molecule is Cc1ncccc1CCCN1C(=O)c2ccccc2C1=O. The summed E-state index contributed by atoms with van der Waals surface area (Å²) in [6, 6.07) is 10.9. The molecule has 4 nitrogen and oxygen atoms in total. The van der Waals surface area contributed by atoms with Crippen molar-refractivity contribution in [2.24, 2.45) is 0 Å². The van der Waals surface area contributed by atoms with Crippen LogP contribution in [0, 0.1) is 6.92 Å². The summed E-state index contributed by atoms with van der Waals surface area (Å²) in [5.41, 5.74) is 3.19. The fourth-order valence-corrected chi connectivity index (χ4v) is 2.65. The van der Waals surface area contributed by atoms with Gasteiger partial charge in [0, 0.05) is 18.4 Å². The first kappa shape index (κ1) is 13.5. The maximum absolute atomic E-state index is 12.2. The second kappa shape index (κ2) is 5.48. The molecule has 2 amide bonds. The number of rotatable bonds is 4. The predicted octanol–water partition coefficient (Wildman–Crippen LogP) is 2.62. The van der Waals surface area contributed by atoms with Gasteiger partial charge in [-0.25, -0.2) is 0 Å². The lowest BCUT2D eigenvalue weighted by molar-refractivity contribution is 0.0652. The Morgan fingerprint density at radius 3 is 2.29 bits per heavy atom. The standard InChI is InChI=1S/C17H16N2O2/c1-12-13(6-4-10-18-12)7-5-11-19-16(20)14-8-2-3-9-15(14)17(19)21/h2-4,6,8-10H,5,7,11H2,1H3. The fraction of sp³-hybridized carbons (Fsp3) is 0.235. The highest BCUT2D eigenvalue weighted by atomic mass is 16.2. The van der Waals surface area contributed by atoms with Gasteiger partial charge in [-0.05, 0) is 43.5 Å². The van der Waals surface area contributed by atoms with Crippen LogP contribution >= 0.6 is 0 Å². The van der Waals surface area contributed by atoms with Gasteiger partial charge in [-0.15, -0.1) is 0 Å². The third-order valence-corrected chi connectivity index (χ3v) is 3.82. The van der Waals surface area contributed by atoms with Crippen molar-refractivity contribution in [3.05, 3.63) is 65.0 Å². The number of pyridine rings is 1. The van der Waals surface area contributed by atoms with Crippen molar-refractivity contribution in [2.75, 3.05) is 6.54 Å². The third-order valence-electron chi connectivity index (χ3n) is 3.82. The van der Waals surface area contributed by atoms with Gasteiger partial charge >= 0.3 is 0 Å². The highest BCUT2D eigenvalue weighted by Crippen LogP contribution is 2.22. The number of aromatic nitrogens is 1. The second-order valence-corrected chi connectivity index (χ2v) is 5.16. The Balaban J connectivity index is 1.66. The molecule has 2 heterocycles. The van der Waals surface area contributed by atoms with Gasteiger partial charge in [0.05, 0.1) is 11.1 Å². The fourth-order valence-electron chi connectivity index (χ4n) is 2.65.